The van der Waals surface area contributed by atoms with E-state index in [-0.39, 0.29) is 10.6 Å². The molecule has 1 atom stereocenters. The Labute approximate surface area is 156 Å². The number of methoxy groups -OCH3 is 2. The molecule has 1 fully saturated rings. The smallest absolute Gasteiger partial charge is 0.333 e. The van der Waals surface area contributed by atoms with Gasteiger partial charge in [0.15, 0.2) is 0 Å². The number of hydrogen-bond donors (Lipinski definition) is 0. The Hall–Kier alpha value is -2.20. The Kier molecular flexibility index (Phi) is 5.38. The Morgan fingerprint density at radius 3 is 2.59 bits per heavy atom. The van der Waals surface area contributed by atoms with Crippen molar-refractivity contribution in [1.29, 1.82) is 0 Å². The third-order valence-corrected chi connectivity index (χ3v) is 6.79. The Bertz CT molecular complexity index is 930. The van der Waals surface area contributed by atoms with Crippen molar-refractivity contribution in [1.82, 2.24) is 14.1 Å². The number of ether oxygens (including phenoxy) is 2. The highest BCUT2D eigenvalue weighted by Gasteiger charge is 2.39. The Morgan fingerprint density at radius 1 is 1.26 bits per heavy atom. The third-order valence-electron chi connectivity index (χ3n) is 4.77. The van der Waals surface area contributed by atoms with Crippen LogP contribution in [0.3, 0.4) is 0 Å². The summed E-state index contributed by atoms with van der Waals surface area (Å²) >= 11 is 0. The van der Waals surface area contributed by atoms with E-state index in [4.69, 9.17) is 9.47 Å². The number of benzene rings is 1. The van der Waals surface area contributed by atoms with Crippen LogP contribution in [0.2, 0.25) is 0 Å². The molecule has 0 N–H and O–H groups in total. The fourth-order valence-electron chi connectivity index (χ4n) is 3.42. The number of rotatable bonds is 6. The Morgan fingerprint density at radius 2 is 2.00 bits per heavy atom. The number of halogens is 2. The molecule has 1 unspecified atom stereocenters. The lowest BCUT2D eigenvalue weighted by Gasteiger charge is -2.25. The first-order chi connectivity index (χ1) is 12.8. The molecule has 0 amide bonds. The summed E-state index contributed by atoms with van der Waals surface area (Å²) in [7, 11) is -0.955. The van der Waals surface area contributed by atoms with Gasteiger partial charge in [-0.05, 0) is 25.8 Å². The highest BCUT2D eigenvalue weighted by atomic mass is 32.2. The van der Waals surface area contributed by atoms with Gasteiger partial charge in [-0.1, -0.05) is 6.07 Å². The molecule has 1 aromatic heterocycles. The molecule has 0 saturated carbocycles. The summed E-state index contributed by atoms with van der Waals surface area (Å²) in [6.07, 6.45) is 2.24. The van der Waals surface area contributed by atoms with Gasteiger partial charge in [0.05, 0.1) is 32.2 Å². The number of nitrogens with zero attached hydrogens (tertiary/aromatic N) is 3. The van der Waals surface area contributed by atoms with E-state index in [1.165, 1.54) is 25.4 Å². The van der Waals surface area contributed by atoms with E-state index < -0.39 is 22.6 Å². The van der Waals surface area contributed by atoms with E-state index in [0.29, 0.717) is 41.1 Å². The molecular formula is C17H21F2N3O4S. The van der Waals surface area contributed by atoms with Crippen molar-refractivity contribution < 1.29 is 26.7 Å². The zero-order valence-electron chi connectivity index (χ0n) is 15.2. The van der Waals surface area contributed by atoms with Crippen molar-refractivity contribution in [3.63, 3.8) is 0 Å². The van der Waals surface area contributed by atoms with Gasteiger partial charge in [0.2, 0.25) is 10.0 Å². The average molecular weight is 401 g/mol. The molecule has 148 valence electrons. The molecule has 0 bridgehead atoms. The van der Waals surface area contributed by atoms with E-state index in [0.717, 1.165) is 6.20 Å². The second kappa shape index (κ2) is 7.43. The molecule has 2 aromatic rings. The first-order valence-corrected chi connectivity index (χ1v) is 9.81. The van der Waals surface area contributed by atoms with Gasteiger partial charge in [-0.15, -0.1) is 0 Å². The van der Waals surface area contributed by atoms with Crippen molar-refractivity contribution >= 4 is 10.0 Å². The predicted molar refractivity (Wildman–Crippen MR) is 93.6 cm³/mol. The molecule has 0 aliphatic carbocycles. The highest BCUT2D eigenvalue weighted by molar-refractivity contribution is 7.89. The molecule has 2 heterocycles. The maximum absolute atomic E-state index is 13.2. The number of hydrogen-bond acceptors (Lipinski definition) is 5. The van der Waals surface area contributed by atoms with Crippen molar-refractivity contribution in [2.75, 3.05) is 20.8 Å². The Balaban J connectivity index is 2.01. The van der Waals surface area contributed by atoms with E-state index >= 15 is 0 Å². The minimum atomic E-state index is -3.99. The quantitative estimate of drug-likeness (QED) is 0.744. The summed E-state index contributed by atoms with van der Waals surface area (Å²) in [5.41, 5.74) is 0.621. The van der Waals surface area contributed by atoms with Gasteiger partial charge < -0.3 is 9.47 Å². The largest absolute Gasteiger partial charge is 0.497 e. The highest BCUT2D eigenvalue weighted by Crippen LogP contribution is 2.41. The fourth-order valence-corrected chi connectivity index (χ4v) is 5.24. The maximum Gasteiger partial charge on any atom is 0.333 e. The minimum absolute atomic E-state index is 0.0858. The van der Waals surface area contributed by atoms with Crippen LogP contribution in [0.4, 0.5) is 8.78 Å². The molecule has 1 aliphatic heterocycles. The van der Waals surface area contributed by atoms with Gasteiger partial charge in [-0.2, -0.15) is 18.2 Å². The first kappa shape index (κ1) is 19.6. The summed E-state index contributed by atoms with van der Waals surface area (Å²) in [5, 5.41) is 3.53. The molecule has 3 rings (SSSR count). The van der Waals surface area contributed by atoms with Crippen LogP contribution < -0.4 is 9.47 Å². The van der Waals surface area contributed by atoms with Gasteiger partial charge in [-0.3, -0.25) is 0 Å². The number of alkyl halides is 2. The molecule has 1 aliphatic rings. The molecule has 1 saturated heterocycles. The second-order valence-electron chi connectivity index (χ2n) is 6.20. The number of sulfonamides is 1. The fraction of sp³-hybridized carbons (Fsp3) is 0.471. The van der Waals surface area contributed by atoms with Crippen LogP contribution in [-0.4, -0.2) is 43.3 Å². The molecule has 7 nitrogen and oxygen atoms in total. The molecule has 0 spiro atoms. The van der Waals surface area contributed by atoms with Gasteiger partial charge in [-0.25, -0.2) is 13.1 Å². The lowest BCUT2D eigenvalue weighted by atomic mass is 10.0. The summed E-state index contributed by atoms with van der Waals surface area (Å²) in [5.74, 6) is 1.11. The van der Waals surface area contributed by atoms with Crippen molar-refractivity contribution in [2.24, 2.45) is 0 Å². The SMILES string of the molecule is COc1ccc(C2CCCN2S(=O)(=O)c2cnn(C(F)F)c2C)c(OC)c1. The molecule has 27 heavy (non-hydrogen) atoms. The summed E-state index contributed by atoms with van der Waals surface area (Å²) in [4.78, 5) is -0.206. The van der Waals surface area contributed by atoms with Crippen LogP contribution in [0.5, 0.6) is 11.5 Å². The molecule has 10 heteroatoms. The lowest BCUT2D eigenvalue weighted by Crippen LogP contribution is -2.31. The van der Waals surface area contributed by atoms with Crippen LogP contribution >= 0.6 is 0 Å². The topological polar surface area (TPSA) is 73.7 Å². The molecular weight excluding hydrogens is 380 g/mol. The van der Waals surface area contributed by atoms with E-state index in [2.05, 4.69) is 5.10 Å². The predicted octanol–water partition coefficient (Wildman–Crippen LogP) is 3.13. The van der Waals surface area contributed by atoms with Crippen LogP contribution in [0.15, 0.2) is 29.3 Å². The monoisotopic (exact) mass is 401 g/mol. The maximum atomic E-state index is 13.2. The summed E-state index contributed by atoms with van der Waals surface area (Å²) in [6, 6.07) is 4.75. The summed E-state index contributed by atoms with van der Waals surface area (Å²) < 4.78 is 64.6. The van der Waals surface area contributed by atoms with Gasteiger partial charge in [0.1, 0.15) is 16.4 Å². The van der Waals surface area contributed by atoms with Crippen molar-refractivity contribution in [3.8, 4) is 11.5 Å². The van der Waals surface area contributed by atoms with E-state index in [1.54, 1.807) is 18.2 Å². The minimum Gasteiger partial charge on any atom is -0.497 e. The number of aromatic nitrogens is 2. The zero-order chi connectivity index (χ0) is 19.8. The molecule has 0 radical (unpaired) electrons. The third kappa shape index (κ3) is 3.39. The lowest BCUT2D eigenvalue weighted by molar-refractivity contribution is 0.0541. The van der Waals surface area contributed by atoms with E-state index in [9.17, 15) is 17.2 Å². The standard InChI is InChI=1S/C17H21F2N3O4S/c1-11-16(10-20-22(11)17(18)19)27(23,24)21-8-4-5-14(21)13-7-6-12(25-2)9-15(13)26-3/h6-7,9-10,14,17H,4-5,8H2,1-3H3. The summed E-state index contributed by atoms with van der Waals surface area (Å²) in [6.45, 7) is -1.28. The second-order valence-corrected chi connectivity index (χ2v) is 8.06. The van der Waals surface area contributed by atoms with Crippen LogP contribution in [0.1, 0.15) is 36.7 Å². The van der Waals surface area contributed by atoms with E-state index in [1.807, 2.05) is 0 Å². The van der Waals surface area contributed by atoms with Gasteiger partial charge >= 0.3 is 6.55 Å². The van der Waals surface area contributed by atoms with Crippen molar-refractivity contribution in [3.05, 3.63) is 35.7 Å². The van der Waals surface area contributed by atoms with Crippen LogP contribution in [-0.2, 0) is 10.0 Å². The van der Waals surface area contributed by atoms with Crippen LogP contribution in [0, 0.1) is 6.92 Å². The first-order valence-electron chi connectivity index (χ1n) is 8.37. The van der Waals surface area contributed by atoms with Crippen LogP contribution in [0.25, 0.3) is 0 Å². The van der Waals surface area contributed by atoms with Crippen molar-refractivity contribution in [2.45, 2.75) is 37.3 Å². The average Bonchev–Trinajstić information content (AvgIpc) is 3.28. The van der Waals surface area contributed by atoms with Gasteiger partial charge in [0, 0.05) is 18.2 Å². The van der Waals surface area contributed by atoms with Gasteiger partial charge in [0.25, 0.3) is 0 Å². The molecule has 1 aromatic carbocycles. The zero-order valence-corrected chi connectivity index (χ0v) is 16.0. The normalized spacial score (nSPS) is 18.2.